The molecule has 2 unspecified atom stereocenters. The van der Waals surface area contributed by atoms with Gasteiger partial charge in [-0.1, -0.05) is 77.9 Å². The maximum Gasteiger partial charge on any atom is 0.243 e. The van der Waals surface area contributed by atoms with Gasteiger partial charge in [0.2, 0.25) is 53.2 Å². The molecule has 80 heavy (non-hydrogen) atoms. The van der Waals surface area contributed by atoms with E-state index < -0.39 is 114 Å². The number of H-pyrrole nitrogens is 3. The van der Waals surface area contributed by atoms with Crippen molar-refractivity contribution in [3.05, 3.63) is 89.8 Å². The van der Waals surface area contributed by atoms with Crippen molar-refractivity contribution in [1.82, 2.24) is 67.8 Å². The number of nitrogens with zero attached hydrogens (tertiary/aromatic N) is 1. The number of carbonyl (C=O) groups is 9. The molecular weight excluding hydrogens is 1030 g/mol. The second kappa shape index (κ2) is 28.7. The molecule has 0 saturated heterocycles. The van der Waals surface area contributed by atoms with Gasteiger partial charge >= 0.3 is 0 Å². The van der Waals surface area contributed by atoms with Gasteiger partial charge in [0.05, 0.1) is 25.0 Å². The number of amides is 9. The van der Waals surface area contributed by atoms with Crippen molar-refractivity contribution in [2.45, 2.75) is 148 Å². The Labute approximate surface area is 464 Å². The van der Waals surface area contributed by atoms with Gasteiger partial charge in [-0.2, -0.15) is 0 Å². The number of hydrogen-bond acceptors (Lipinski definition) is 12. The van der Waals surface area contributed by atoms with Crippen LogP contribution >= 0.6 is 0 Å². The van der Waals surface area contributed by atoms with Gasteiger partial charge in [-0.15, -0.1) is 0 Å². The highest BCUT2D eigenvalue weighted by atomic mass is 16.2. The lowest BCUT2D eigenvalue weighted by Gasteiger charge is -2.28. The summed E-state index contributed by atoms with van der Waals surface area (Å²) in [6.07, 6.45) is 5.59. The van der Waals surface area contributed by atoms with Gasteiger partial charge in [0.25, 0.3) is 0 Å². The Kier molecular flexibility index (Phi) is 21.9. The molecule has 0 aliphatic carbocycles. The van der Waals surface area contributed by atoms with Gasteiger partial charge < -0.3 is 69.0 Å². The highest BCUT2D eigenvalue weighted by Gasteiger charge is 2.35. The van der Waals surface area contributed by atoms with Crippen LogP contribution in [0.1, 0.15) is 96.7 Å². The molecule has 432 valence electrons. The Morgan fingerprint density at radius 1 is 0.675 bits per heavy atom. The van der Waals surface area contributed by atoms with Crippen LogP contribution in [0.5, 0.6) is 0 Å². The van der Waals surface area contributed by atoms with Crippen LogP contribution in [0.3, 0.4) is 0 Å². The number of hydrogen-bond donors (Lipinski definition) is 14. The summed E-state index contributed by atoms with van der Waals surface area (Å²) in [5, 5.41) is 27.3. The standard InChI is InChI=1S/C56H79N15O9/c1-29(2)18-35(25-61-42(50(58)74)19-30(3)4)66-55(79)45(21-34-24-59-28-64-34)68-48(73)27-63-56(80)49(31(5)6)71-51(75)32(7)65-54(78)44(20-33-23-60-39-14-10-8-12-36(33)39)70-52(76)41(16-17-47(57)72)69-53(77)43-22-38-37-13-9-11-15-40(37)67-46(38)26-62-43/h8-15,23-24,28-32,35,41-45,49,60-62,67H,16-22,25-27H2,1-7H3,(H2,57,72)(H2,58,74)(H,59,64)(H,63,80)(H,65,78)(H,66,79)(H,68,73)(H,69,77)(H,70,76)(H,71,75)/t32?,35?,41-,42-,43+,44-,45-,49-/m0/s1. The van der Waals surface area contributed by atoms with Crippen molar-refractivity contribution in [3.63, 3.8) is 0 Å². The van der Waals surface area contributed by atoms with E-state index in [4.69, 9.17) is 11.5 Å². The van der Waals surface area contributed by atoms with E-state index in [9.17, 15) is 43.2 Å². The maximum atomic E-state index is 14.3. The fourth-order valence-corrected chi connectivity index (χ4v) is 9.82. The van der Waals surface area contributed by atoms with Crippen molar-refractivity contribution >= 4 is 75.0 Å². The van der Waals surface area contributed by atoms with E-state index in [-0.39, 0.29) is 44.1 Å². The molecule has 0 spiro atoms. The smallest absolute Gasteiger partial charge is 0.243 e. The Morgan fingerprint density at radius 2 is 1.34 bits per heavy atom. The molecule has 0 fully saturated rings. The summed E-state index contributed by atoms with van der Waals surface area (Å²) < 4.78 is 0. The number of aromatic nitrogens is 4. The zero-order chi connectivity index (χ0) is 58.2. The van der Waals surface area contributed by atoms with Crippen molar-refractivity contribution in [2.75, 3.05) is 13.1 Å². The summed E-state index contributed by atoms with van der Waals surface area (Å²) in [6.45, 7) is 12.7. The molecule has 1 aliphatic heterocycles. The summed E-state index contributed by atoms with van der Waals surface area (Å²) in [4.78, 5) is 135. The number of fused-ring (bicyclic) bond motifs is 4. The van der Waals surface area contributed by atoms with Crippen LogP contribution in [-0.2, 0) is 69.0 Å². The Bertz CT molecular complexity index is 2970. The number of para-hydroxylation sites is 2. The highest BCUT2D eigenvalue weighted by molar-refractivity contribution is 5.98. The fraction of sp³-hybridized carbons (Fsp3) is 0.500. The second-order valence-corrected chi connectivity index (χ2v) is 21.9. The fourth-order valence-electron chi connectivity index (χ4n) is 9.82. The first-order chi connectivity index (χ1) is 38.1. The summed E-state index contributed by atoms with van der Waals surface area (Å²) in [7, 11) is 0. The largest absolute Gasteiger partial charge is 0.370 e. The number of primary amides is 2. The lowest BCUT2D eigenvalue weighted by molar-refractivity contribution is -0.135. The van der Waals surface area contributed by atoms with Crippen molar-refractivity contribution in [3.8, 4) is 0 Å². The number of imidazole rings is 1. The normalized spacial score (nSPS) is 15.9. The molecule has 0 bridgehead atoms. The topological polar surface area (TPSA) is 374 Å². The van der Waals surface area contributed by atoms with E-state index in [1.54, 1.807) is 20.0 Å². The van der Waals surface area contributed by atoms with Crippen LogP contribution in [0.15, 0.2) is 67.3 Å². The monoisotopic (exact) mass is 1110 g/mol. The molecule has 6 rings (SSSR count). The molecular formula is C56H79N15O9. The molecule has 9 amide bonds. The van der Waals surface area contributed by atoms with E-state index >= 15 is 0 Å². The van der Waals surface area contributed by atoms with Crippen LogP contribution in [0.25, 0.3) is 21.8 Å². The second-order valence-electron chi connectivity index (χ2n) is 21.9. The summed E-state index contributed by atoms with van der Waals surface area (Å²) in [5.41, 5.74) is 16.0. The molecule has 3 aromatic heterocycles. The molecule has 24 nitrogen and oxygen atoms in total. The molecule has 5 aromatic rings. The minimum atomic E-state index is -1.32. The molecule has 1 aliphatic rings. The van der Waals surface area contributed by atoms with Crippen LogP contribution in [0.2, 0.25) is 0 Å². The average Bonchev–Trinajstić information content (AvgIpc) is 4.26. The van der Waals surface area contributed by atoms with Crippen molar-refractivity contribution in [2.24, 2.45) is 29.2 Å². The first-order valence-corrected chi connectivity index (χ1v) is 27.3. The quantitative estimate of drug-likeness (QED) is 0.0297. The molecule has 0 saturated carbocycles. The highest BCUT2D eigenvalue weighted by Crippen LogP contribution is 2.27. The third-order valence-electron chi connectivity index (χ3n) is 14.0. The SMILES string of the molecule is CC(C)CC(CN[C@@H](CC(C)C)C(N)=O)NC(=O)[C@H](Cc1cnc[nH]1)NC(=O)CNC(=O)[C@@H](NC(=O)C(C)NC(=O)[C@H](Cc1c[nH]c2ccccc12)NC(=O)[C@H](CCC(N)=O)NC(=O)[C@H]1Cc2c([nH]c3ccccc23)CN1)C(C)C. The minimum Gasteiger partial charge on any atom is -0.370 e. The number of carbonyl (C=O) groups excluding carboxylic acids is 9. The third-order valence-corrected chi connectivity index (χ3v) is 14.0. The van der Waals surface area contributed by atoms with Gasteiger partial charge in [-0.3, -0.25) is 48.5 Å². The summed E-state index contributed by atoms with van der Waals surface area (Å²) in [5.74, 6) is -6.09. The zero-order valence-electron chi connectivity index (χ0n) is 46.5. The first-order valence-electron chi connectivity index (χ1n) is 27.3. The summed E-state index contributed by atoms with van der Waals surface area (Å²) in [6, 6.07) is 7.15. The predicted molar refractivity (Wildman–Crippen MR) is 300 cm³/mol. The van der Waals surface area contributed by atoms with Crippen LogP contribution in [-0.4, -0.2) is 135 Å². The number of rotatable bonds is 30. The lowest BCUT2D eigenvalue weighted by atomic mass is 9.97. The number of aromatic amines is 3. The Balaban J connectivity index is 1.09. The van der Waals surface area contributed by atoms with E-state index in [0.717, 1.165) is 33.1 Å². The van der Waals surface area contributed by atoms with Gasteiger partial charge in [0.1, 0.15) is 30.2 Å². The van der Waals surface area contributed by atoms with Crippen LogP contribution in [0.4, 0.5) is 0 Å². The molecule has 8 atom stereocenters. The third kappa shape index (κ3) is 17.4. The molecule has 4 heterocycles. The Hall–Kier alpha value is -8.12. The van der Waals surface area contributed by atoms with E-state index in [1.807, 2.05) is 76.2 Å². The van der Waals surface area contributed by atoms with Crippen molar-refractivity contribution < 1.29 is 43.2 Å². The average molecular weight is 1110 g/mol. The molecule has 2 aromatic carbocycles. The molecule has 0 radical (unpaired) electrons. The maximum absolute atomic E-state index is 14.3. The molecule has 24 heteroatoms. The predicted octanol–water partition coefficient (Wildman–Crippen LogP) is 0.374. The number of nitrogens with one attached hydrogen (secondary N) is 12. The first kappa shape index (κ1) is 61.1. The lowest BCUT2D eigenvalue weighted by Crippen LogP contribution is -2.60. The van der Waals surface area contributed by atoms with Gasteiger partial charge in [0.15, 0.2) is 0 Å². The van der Waals surface area contributed by atoms with Gasteiger partial charge in [-0.05, 0) is 73.6 Å². The van der Waals surface area contributed by atoms with Gasteiger partial charge in [-0.25, -0.2) is 4.98 Å². The van der Waals surface area contributed by atoms with E-state index in [1.165, 1.54) is 19.4 Å². The van der Waals surface area contributed by atoms with E-state index in [0.29, 0.717) is 37.1 Å². The van der Waals surface area contributed by atoms with E-state index in [2.05, 4.69) is 67.8 Å². The number of nitrogens with two attached hydrogens (primary N) is 2. The minimum absolute atomic E-state index is 0.0313. The van der Waals surface area contributed by atoms with Crippen molar-refractivity contribution in [1.29, 1.82) is 0 Å². The van der Waals surface area contributed by atoms with Crippen LogP contribution < -0.4 is 59.3 Å². The number of benzene rings is 2. The van der Waals surface area contributed by atoms with Crippen LogP contribution in [0, 0.1) is 17.8 Å². The Morgan fingerprint density at radius 3 is 2.00 bits per heavy atom. The zero-order valence-corrected chi connectivity index (χ0v) is 46.5. The molecule has 16 N–H and O–H groups in total. The summed E-state index contributed by atoms with van der Waals surface area (Å²) >= 11 is 0. The van der Waals surface area contributed by atoms with Gasteiger partial charge in [0, 0.05) is 84.0 Å².